The number of nitrogens with one attached hydrogen (secondary N) is 3. The third-order valence-electron chi connectivity index (χ3n) is 4.56. The van der Waals surface area contributed by atoms with Gasteiger partial charge in [0.1, 0.15) is 0 Å². The van der Waals surface area contributed by atoms with Crippen molar-refractivity contribution in [3.05, 3.63) is 88.9 Å². The maximum Gasteiger partial charge on any atom is 0.243 e. The van der Waals surface area contributed by atoms with Crippen molar-refractivity contribution in [2.45, 2.75) is 19.8 Å². The summed E-state index contributed by atoms with van der Waals surface area (Å²) in [5.41, 5.74) is 4.26. The molecule has 30 heavy (non-hydrogen) atoms. The Bertz CT molecular complexity index is 1000. The van der Waals surface area contributed by atoms with Crippen LogP contribution in [0.4, 0.5) is 17.1 Å². The number of anilines is 3. The zero-order valence-corrected chi connectivity index (χ0v) is 17.5. The predicted octanol–water partition coefficient (Wildman–Crippen LogP) is 5.27. The van der Waals surface area contributed by atoms with Crippen LogP contribution in [0.25, 0.3) is 0 Å². The molecule has 0 unspecified atom stereocenters. The number of rotatable bonds is 8. The van der Waals surface area contributed by atoms with Gasteiger partial charge in [0.15, 0.2) is 0 Å². The molecule has 6 heteroatoms. The molecule has 0 aliphatic rings. The van der Waals surface area contributed by atoms with Crippen molar-refractivity contribution < 1.29 is 9.59 Å². The Morgan fingerprint density at radius 3 is 2.13 bits per heavy atom. The van der Waals surface area contributed by atoms with E-state index in [1.165, 1.54) is 0 Å². The van der Waals surface area contributed by atoms with Gasteiger partial charge in [0.2, 0.25) is 11.8 Å². The molecule has 154 valence electrons. The van der Waals surface area contributed by atoms with Crippen LogP contribution in [-0.2, 0) is 16.0 Å². The van der Waals surface area contributed by atoms with Crippen LogP contribution in [-0.4, -0.2) is 18.4 Å². The minimum absolute atomic E-state index is 0.0318. The Hall–Kier alpha value is -3.31. The minimum atomic E-state index is -0.173. The second-order valence-corrected chi connectivity index (χ2v) is 7.38. The number of hydrogen-bond acceptors (Lipinski definition) is 3. The van der Waals surface area contributed by atoms with E-state index in [4.69, 9.17) is 11.6 Å². The first-order chi connectivity index (χ1) is 14.5. The highest BCUT2D eigenvalue weighted by molar-refractivity contribution is 6.31. The van der Waals surface area contributed by atoms with Crippen LogP contribution >= 0.6 is 11.6 Å². The van der Waals surface area contributed by atoms with Crippen LogP contribution in [0.3, 0.4) is 0 Å². The molecule has 0 saturated carbocycles. The van der Waals surface area contributed by atoms with E-state index in [2.05, 4.69) is 16.0 Å². The van der Waals surface area contributed by atoms with E-state index in [1.807, 2.05) is 61.5 Å². The Morgan fingerprint density at radius 2 is 1.43 bits per heavy atom. The first kappa shape index (κ1) is 21.4. The van der Waals surface area contributed by atoms with Gasteiger partial charge in [0.25, 0.3) is 0 Å². The highest BCUT2D eigenvalue weighted by atomic mass is 35.5. The third-order valence-corrected chi connectivity index (χ3v) is 4.97. The van der Waals surface area contributed by atoms with E-state index in [0.717, 1.165) is 22.5 Å². The number of carbonyl (C=O) groups is 2. The molecule has 0 heterocycles. The minimum Gasteiger partial charge on any atom is -0.376 e. The summed E-state index contributed by atoms with van der Waals surface area (Å²) >= 11 is 6.08. The molecule has 0 aliphatic heterocycles. The number of benzene rings is 3. The summed E-state index contributed by atoms with van der Waals surface area (Å²) in [5, 5.41) is 9.36. The van der Waals surface area contributed by atoms with Gasteiger partial charge in [0.05, 0.1) is 6.54 Å². The molecule has 2 amide bonds. The average molecular weight is 422 g/mol. The van der Waals surface area contributed by atoms with Gasteiger partial charge < -0.3 is 16.0 Å². The number of aryl methyl sites for hydroxylation is 2. The van der Waals surface area contributed by atoms with Crippen LogP contribution in [0, 0.1) is 6.92 Å². The molecule has 0 radical (unpaired) electrons. The molecular weight excluding hydrogens is 398 g/mol. The monoisotopic (exact) mass is 421 g/mol. The van der Waals surface area contributed by atoms with Crippen molar-refractivity contribution in [2.75, 3.05) is 22.5 Å². The highest BCUT2D eigenvalue weighted by Gasteiger charge is 2.06. The van der Waals surface area contributed by atoms with Crippen LogP contribution < -0.4 is 16.0 Å². The Labute approximate surface area is 181 Å². The lowest BCUT2D eigenvalue weighted by Crippen LogP contribution is -2.21. The Kier molecular flexibility index (Phi) is 7.46. The second-order valence-electron chi connectivity index (χ2n) is 6.98. The average Bonchev–Trinajstić information content (AvgIpc) is 2.75. The zero-order chi connectivity index (χ0) is 21.3. The van der Waals surface area contributed by atoms with Gasteiger partial charge in [-0.15, -0.1) is 0 Å². The highest BCUT2D eigenvalue weighted by Crippen LogP contribution is 2.20. The van der Waals surface area contributed by atoms with E-state index < -0.39 is 0 Å². The lowest BCUT2D eigenvalue weighted by Gasteiger charge is -2.10. The molecule has 3 N–H and O–H groups in total. The summed E-state index contributed by atoms with van der Waals surface area (Å²) in [7, 11) is 0. The normalized spacial score (nSPS) is 10.3. The van der Waals surface area contributed by atoms with Crippen molar-refractivity contribution in [3.63, 3.8) is 0 Å². The maximum atomic E-state index is 12.1. The lowest BCUT2D eigenvalue weighted by atomic mass is 10.1. The van der Waals surface area contributed by atoms with E-state index >= 15 is 0 Å². The molecule has 3 aromatic carbocycles. The van der Waals surface area contributed by atoms with Crippen LogP contribution in [0.1, 0.15) is 17.5 Å². The fraction of sp³-hybridized carbons (Fsp3) is 0.167. The van der Waals surface area contributed by atoms with Gasteiger partial charge in [0, 0.05) is 28.5 Å². The van der Waals surface area contributed by atoms with E-state index in [0.29, 0.717) is 23.6 Å². The van der Waals surface area contributed by atoms with Crippen LogP contribution in [0.15, 0.2) is 72.8 Å². The molecule has 0 saturated heterocycles. The first-order valence-corrected chi connectivity index (χ1v) is 10.1. The molecule has 0 fully saturated rings. The summed E-state index contributed by atoms with van der Waals surface area (Å²) in [6.45, 7) is 2.03. The molecule has 3 aromatic rings. The summed E-state index contributed by atoms with van der Waals surface area (Å²) in [4.78, 5) is 24.2. The quantitative estimate of drug-likeness (QED) is 0.464. The molecule has 5 nitrogen and oxygen atoms in total. The molecule has 0 spiro atoms. The van der Waals surface area contributed by atoms with Gasteiger partial charge in [-0.1, -0.05) is 48.0 Å². The van der Waals surface area contributed by atoms with Crippen LogP contribution in [0.5, 0.6) is 0 Å². The van der Waals surface area contributed by atoms with Gasteiger partial charge in [-0.25, -0.2) is 0 Å². The van der Waals surface area contributed by atoms with Gasteiger partial charge in [-0.3, -0.25) is 9.59 Å². The first-order valence-electron chi connectivity index (χ1n) is 9.73. The lowest BCUT2D eigenvalue weighted by molar-refractivity contribution is -0.116. The fourth-order valence-corrected chi connectivity index (χ4v) is 3.04. The van der Waals surface area contributed by atoms with E-state index in [-0.39, 0.29) is 18.4 Å². The maximum absolute atomic E-state index is 12.1. The number of amides is 2. The molecule has 3 rings (SSSR count). The summed E-state index contributed by atoms with van der Waals surface area (Å²) in [6, 6.07) is 22.6. The smallest absolute Gasteiger partial charge is 0.243 e. The summed E-state index contributed by atoms with van der Waals surface area (Å²) in [6.07, 6.45) is 1.13. The topological polar surface area (TPSA) is 70.2 Å². The molecular formula is C24H24ClN3O2. The zero-order valence-electron chi connectivity index (χ0n) is 16.7. The molecule has 0 aliphatic carbocycles. The van der Waals surface area contributed by atoms with Crippen molar-refractivity contribution in [3.8, 4) is 0 Å². The van der Waals surface area contributed by atoms with Crippen molar-refractivity contribution >= 4 is 40.5 Å². The second kappa shape index (κ2) is 10.5. The molecule has 0 atom stereocenters. The van der Waals surface area contributed by atoms with Crippen LogP contribution in [0.2, 0.25) is 5.02 Å². The van der Waals surface area contributed by atoms with Gasteiger partial charge in [-0.2, -0.15) is 0 Å². The number of carbonyl (C=O) groups excluding carboxylic acids is 2. The predicted molar refractivity (Wildman–Crippen MR) is 123 cm³/mol. The number of halogens is 1. The number of hydrogen-bond donors (Lipinski definition) is 3. The Balaban J connectivity index is 1.43. The van der Waals surface area contributed by atoms with E-state index in [1.54, 1.807) is 18.2 Å². The fourth-order valence-electron chi connectivity index (χ4n) is 2.86. The van der Waals surface area contributed by atoms with Gasteiger partial charge in [-0.05, 0) is 60.9 Å². The largest absolute Gasteiger partial charge is 0.376 e. The van der Waals surface area contributed by atoms with Crippen molar-refractivity contribution in [1.29, 1.82) is 0 Å². The third kappa shape index (κ3) is 6.64. The Morgan fingerprint density at radius 1 is 0.800 bits per heavy atom. The van der Waals surface area contributed by atoms with Crippen molar-refractivity contribution in [1.82, 2.24) is 0 Å². The molecule has 0 bridgehead atoms. The SMILES string of the molecule is Cc1ccc(NC(=O)CNc2ccc(NC(=O)CCc3ccccc3)cc2)cc1Cl. The van der Waals surface area contributed by atoms with Crippen molar-refractivity contribution in [2.24, 2.45) is 0 Å². The molecule has 0 aromatic heterocycles. The summed E-state index contributed by atoms with van der Waals surface area (Å²) < 4.78 is 0. The van der Waals surface area contributed by atoms with E-state index in [9.17, 15) is 9.59 Å². The standard InChI is InChI=1S/C24H24ClN3O2/c1-17-7-9-21(15-22(17)25)28-24(30)16-26-19-10-12-20(13-11-19)27-23(29)14-8-18-5-3-2-4-6-18/h2-7,9-13,15,26H,8,14,16H2,1H3,(H,27,29)(H,28,30). The van der Waals surface area contributed by atoms with Gasteiger partial charge >= 0.3 is 0 Å². The summed E-state index contributed by atoms with van der Waals surface area (Å²) in [5.74, 6) is -0.205.